The Hall–Kier alpha value is -2.26. The second-order valence-corrected chi connectivity index (χ2v) is 7.90. The van der Waals surface area contributed by atoms with E-state index in [0.717, 1.165) is 34.4 Å². The smallest absolute Gasteiger partial charge is 0.434 e. The molecule has 3 rings (SSSR count). The highest BCUT2D eigenvalue weighted by Gasteiger charge is 2.14. The summed E-state index contributed by atoms with van der Waals surface area (Å²) >= 11 is 6.18. The Kier molecular flexibility index (Phi) is 8.18. The molecule has 0 heterocycles. The van der Waals surface area contributed by atoms with E-state index >= 15 is 0 Å². The van der Waals surface area contributed by atoms with Gasteiger partial charge in [-0.15, -0.1) is 0 Å². The summed E-state index contributed by atoms with van der Waals surface area (Å²) in [6.07, 6.45) is 8.94. The van der Waals surface area contributed by atoms with Gasteiger partial charge in [0.15, 0.2) is 0 Å². The summed E-state index contributed by atoms with van der Waals surface area (Å²) in [4.78, 5) is 12.3. The zero-order valence-electron chi connectivity index (χ0n) is 17.1. The van der Waals surface area contributed by atoms with Crippen LogP contribution >= 0.6 is 11.6 Å². The maximum atomic E-state index is 12.3. The van der Waals surface area contributed by atoms with Crippen molar-refractivity contribution in [1.29, 1.82) is 0 Å². The van der Waals surface area contributed by atoms with Gasteiger partial charge in [0.2, 0.25) is 0 Å². The minimum Gasteiger partial charge on any atom is -0.434 e. The first-order chi connectivity index (χ1) is 14.2. The van der Waals surface area contributed by atoms with Crippen molar-refractivity contribution in [1.82, 2.24) is 0 Å². The highest BCUT2D eigenvalue weighted by molar-refractivity contribution is 6.31. The van der Waals surface area contributed by atoms with Crippen molar-refractivity contribution in [3.63, 3.8) is 0 Å². The van der Waals surface area contributed by atoms with E-state index in [1.807, 2.05) is 42.5 Å². The van der Waals surface area contributed by atoms with E-state index in [1.165, 1.54) is 38.5 Å². The molecule has 0 saturated carbocycles. The maximum Gasteiger partial charge on any atom is 0.513 e. The van der Waals surface area contributed by atoms with Gasteiger partial charge in [-0.3, -0.25) is 0 Å². The van der Waals surface area contributed by atoms with Crippen molar-refractivity contribution in [2.45, 2.75) is 58.3 Å². The SMILES string of the molecule is CCCCCCCCCCOC(=O)Oc1c2ccccc2cc2ccc(Cl)cc12. The number of hydrogen-bond donors (Lipinski definition) is 0. The number of hydrogen-bond acceptors (Lipinski definition) is 3. The Morgan fingerprint density at radius 1 is 0.828 bits per heavy atom. The van der Waals surface area contributed by atoms with Gasteiger partial charge in [0.25, 0.3) is 0 Å². The van der Waals surface area contributed by atoms with Crippen molar-refractivity contribution < 1.29 is 14.3 Å². The summed E-state index contributed by atoms with van der Waals surface area (Å²) in [6.45, 7) is 2.61. The molecule has 0 radical (unpaired) electrons. The lowest BCUT2D eigenvalue weighted by Gasteiger charge is -2.12. The number of fused-ring (bicyclic) bond motifs is 2. The molecule has 154 valence electrons. The van der Waals surface area contributed by atoms with E-state index in [2.05, 4.69) is 13.0 Å². The number of carbonyl (C=O) groups excluding carboxylic acids is 1. The Morgan fingerprint density at radius 2 is 1.52 bits per heavy atom. The van der Waals surface area contributed by atoms with Gasteiger partial charge in [-0.2, -0.15) is 0 Å². The molecule has 0 N–H and O–H groups in total. The van der Waals surface area contributed by atoms with Crippen LogP contribution in [0.2, 0.25) is 5.02 Å². The van der Waals surface area contributed by atoms with E-state index < -0.39 is 6.16 Å². The molecular weight excluding hydrogens is 384 g/mol. The van der Waals surface area contributed by atoms with Crippen LogP contribution in [0.1, 0.15) is 58.3 Å². The number of benzene rings is 3. The first kappa shape index (κ1) is 21.4. The van der Waals surface area contributed by atoms with Crippen molar-refractivity contribution in [3.8, 4) is 5.75 Å². The molecular formula is C25H29ClO3. The predicted octanol–water partition coefficient (Wildman–Crippen LogP) is 8.30. The number of rotatable bonds is 10. The molecule has 0 aliphatic heterocycles. The van der Waals surface area contributed by atoms with Crippen molar-refractivity contribution >= 4 is 39.3 Å². The van der Waals surface area contributed by atoms with E-state index in [1.54, 1.807) is 0 Å². The lowest BCUT2D eigenvalue weighted by molar-refractivity contribution is 0.0982. The van der Waals surface area contributed by atoms with Crippen LogP contribution in [0.4, 0.5) is 4.79 Å². The van der Waals surface area contributed by atoms with E-state index in [4.69, 9.17) is 21.1 Å². The largest absolute Gasteiger partial charge is 0.513 e. The normalized spacial score (nSPS) is 11.1. The molecule has 0 aromatic heterocycles. The molecule has 0 aliphatic carbocycles. The fourth-order valence-electron chi connectivity index (χ4n) is 3.61. The minimum atomic E-state index is -0.662. The van der Waals surface area contributed by atoms with Gasteiger partial charge in [-0.1, -0.05) is 93.8 Å². The van der Waals surface area contributed by atoms with Crippen molar-refractivity contribution in [2.75, 3.05) is 6.61 Å². The van der Waals surface area contributed by atoms with Gasteiger partial charge in [0, 0.05) is 15.8 Å². The lowest BCUT2D eigenvalue weighted by Crippen LogP contribution is -2.12. The number of unbranched alkanes of at least 4 members (excludes halogenated alkanes) is 7. The third-order valence-electron chi connectivity index (χ3n) is 5.18. The highest BCUT2D eigenvalue weighted by Crippen LogP contribution is 2.36. The molecule has 0 spiro atoms. The summed E-state index contributed by atoms with van der Waals surface area (Å²) < 4.78 is 11.0. The summed E-state index contributed by atoms with van der Waals surface area (Å²) in [5.41, 5.74) is 0. The topological polar surface area (TPSA) is 35.5 Å². The van der Waals surface area contributed by atoms with Crippen LogP contribution in [0.15, 0.2) is 48.5 Å². The Bertz CT molecular complexity index is 951. The number of halogens is 1. The van der Waals surface area contributed by atoms with E-state index in [9.17, 15) is 4.79 Å². The standard InChI is InChI=1S/C25H29ClO3/c1-2-3-4-5-6-7-8-11-16-28-25(27)29-24-22-13-10-9-12-19(22)17-20-14-15-21(26)18-23(20)24/h9-10,12-15,17-18H,2-8,11,16H2,1H3. The molecule has 29 heavy (non-hydrogen) atoms. The highest BCUT2D eigenvalue weighted by atomic mass is 35.5. The van der Waals surface area contributed by atoms with Crippen molar-refractivity contribution in [2.24, 2.45) is 0 Å². The predicted molar refractivity (Wildman–Crippen MR) is 121 cm³/mol. The zero-order chi connectivity index (χ0) is 20.5. The average molecular weight is 413 g/mol. The second kappa shape index (κ2) is 11.1. The Morgan fingerprint density at radius 3 is 2.31 bits per heavy atom. The summed E-state index contributed by atoms with van der Waals surface area (Å²) in [5.74, 6) is 0.501. The molecule has 3 aromatic carbocycles. The van der Waals surface area contributed by atoms with Crippen LogP contribution in [0, 0.1) is 0 Å². The van der Waals surface area contributed by atoms with Crippen LogP contribution < -0.4 is 4.74 Å². The van der Waals surface area contributed by atoms with E-state index in [-0.39, 0.29) is 0 Å². The number of ether oxygens (including phenoxy) is 2. The summed E-state index contributed by atoms with van der Waals surface area (Å²) in [6, 6.07) is 15.5. The first-order valence-electron chi connectivity index (χ1n) is 10.6. The fraction of sp³-hybridized carbons (Fsp3) is 0.400. The fourth-order valence-corrected chi connectivity index (χ4v) is 3.78. The quantitative estimate of drug-likeness (QED) is 0.145. The molecule has 0 bridgehead atoms. The second-order valence-electron chi connectivity index (χ2n) is 7.47. The van der Waals surface area contributed by atoms with Gasteiger partial charge >= 0.3 is 6.16 Å². The van der Waals surface area contributed by atoms with Crippen LogP contribution in [0.25, 0.3) is 21.5 Å². The third kappa shape index (κ3) is 6.11. The molecule has 0 atom stereocenters. The van der Waals surface area contributed by atoms with E-state index in [0.29, 0.717) is 17.4 Å². The molecule has 0 fully saturated rings. The maximum absolute atomic E-state index is 12.3. The summed E-state index contributed by atoms with van der Waals surface area (Å²) in [7, 11) is 0. The van der Waals surface area contributed by atoms with Crippen LogP contribution in [-0.4, -0.2) is 12.8 Å². The van der Waals surface area contributed by atoms with Crippen molar-refractivity contribution in [3.05, 3.63) is 53.6 Å². The Balaban J connectivity index is 1.57. The lowest BCUT2D eigenvalue weighted by atomic mass is 10.0. The van der Waals surface area contributed by atoms with Crippen LogP contribution in [0.5, 0.6) is 5.75 Å². The van der Waals surface area contributed by atoms with Crippen LogP contribution in [0.3, 0.4) is 0 Å². The minimum absolute atomic E-state index is 0.386. The number of carbonyl (C=O) groups is 1. The summed E-state index contributed by atoms with van der Waals surface area (Å²) in [5, 5.41) is 4.25. The molecule has 0 amide bonds. The van der Waals surface area contributed by atoms with Gasteiger partial charge < -0.3 is 9.47 Å². The monoisotopic (exact) mass is 412 g/mol. The molecule has 3 nitrogen and oxygen atoms in total. The zero-order valence-corrected chi connectivity index (χ0v) is 17.8. The van der Waals surface area contributed by atoms with Gasteiger partial charge in [0.05, 0.1) is 6.61 Å². The average Bonchev–Trinajstić information content (AvgIpc) is 2.73. The first-order valence-corrected chi connectivity index (χ1v) is 11.0. The van der Waals surface area contributed by atoms with Gasteiger partial charge in [-0.25, -0.2) is 4.79 Å². The third-order valence-corrected chi connectivity index (χ3v) is 5.41. The van der Waals surface area contributed by atoms with Crippen LogP contribution in [-0.2, 0) is 4.74 Å². The molecule has 4 heteroatoms. The van der Waals surface area contributed by atoms with Gasteiger partial charge in [0.1, 0.15) is 5.75 Å². The molecule has 3 aromatic rings. The molecule has 0 saturated heterocycles. The molecule has 0 unspecified atom stereocenters. The molecule has 0 aliphatic rings. The van der Waals surface area contributed by atoms with Gasteiger partial charge in [-0.05, 0) is 35.4 Å². The Labute approximate surface area is 178 Å².